The Morgan fingerprint density at radius 1 is 1.25 bits per heavy atom. The molecule has 0 radical (unpaired) electrons. The van der Waals surface area contributed by atoms with Crippen LogP contribution >= 0.6 is 27.7 Å². The Bertz CT molecular complexity index is 476. The Labute approximate surface area is 107 Å². The minimum Gasteiger partial charge on any atom is -0.383 e. The van der Waals surface area contributed by atoms with Crippen molar-refractivity contribution in [3.8, 4) is 0 Å². The molecule has 1 heterocycles. The molecule has 0 amide bonds. The first-order valence-electron chi connectivity index (χ1n) is 4.70. The summed E-state index contributed by atoms with van der Waals surface area (Å²) in [7, 11) is 0. The Morgan fingerprint density at radius 3 is 2.69 bits per heavy atom. The van der Waals surface area contributed by atoms with Crippen molar-refractivity contribution in [3.05, 3.63) is 46.8 Å². The molecule has 0 unspecified atom stereocenters. The number of nitrogens with zero attached hydrogens (tertiary/aromatic N) is 2. The van der Waals surface area contributed by atoms with Gasteiger partial charge in [0.1, 0.15) is 11.6 Å². The predicted molar refractivity (Wildman–Crippen MR) is 70.1 cm³/mol. The molecular formula is C11H10BrN3S. The van der Waals surface area contributed by atoms with E-state index < -0.39 is 0 Å². The summed E-state index contributed by atoms with van der Waals surface area (Å²) in [6.45, 7) is 0. The normalized spacial score (nSPS) is 10.3. The average molecular weight is 296 g/mol. The van der Waals surface area contributed by atoms with E-state index in [1.54, 1.807) is 18.0 Å². The van der Waals surface area contributed by atoms with Gasteiger partial charge in [-0.1, -0.05) is 18.2 Å². The van der Waals surface area contributed by atoms with Crippen LogP contribution in [-0.2, 0) is 5.75 Å². The molecular weight excluding hydrogens is 286 g/mol. The van der Waals surface area contributed by atoms with Crippen molar-refractivity contribution >= 4 is 33.5 Å². The average Bonchev–Trinajstić information content (AvgIpc) is 2.32. The summed E-state index contributed by atoms with van der Waals surface area (Å²) in [4.78, 5) is 9.58. The quantitative estimate of drug-likeness (QED) is 0.884. The number of hydrogen-bond donors (Lipinski definition) is 1. The summed E-state index contributed by atoms with van der Waals surface area (Å²) in [6, 6.07) is 10.1. The van der Waals surface area contributed by atoms with Gasteiger partial charge in [0.25, 0.3) is 0 Å². The van der Waals surface area contributed by atoms with Crippen molar-refractivity contribution < 1.29 is 0 Å². The summed E-state index contributed by atoms with van der Waals surface area (Å²) < 4.78 is 0.737. The molecule has 16 heavy (non-hydrogen) atoms. The monoisotopic (exact) mass is 295 g/mol. The van der Waals surface area contributed by atoms with Gasteiger partial charge in [0, 0.05) is 11.1 Å². The van der Waals surface area contributed by atoms with Crippen LogP contribution in [0.15, 0.2) is 45.9 Å². The van der Waals surface area contributed by atoms with Crippen LogP contribution in [-0.4, -0.2) is 9.97 Å². The molecule has 0 aliphatic rings. The lowest BCUT2D eigenvalue weighted by atomic mass is 10.4. The highest BCUT2D eigenvalue weighted by Crippen LogP contribution is 2.22. The number of nitrogens with two attached hydrogens (primary N) is 1. The number of hydrogen-bond acceptors (Lipinski definition) is 4. The first-order chi connectivity index (χ1) is 7.75. The van der Waals surface area contributed by atoms with E-state index in [0.717, 1.165) is 16.0 Å². The van der Waals surface area contributed by atoms with Crippen LogP contribution in [0.4, 0.5) is 5.82 Å². The number of rotatable bonds is 3. The summed E-state index contributed by atoms with van der Waals surface area (Å²) in [5.74, 6) is 1.95. The molecule has 0 aliphatic carbocycles. The van der Waals surface area contributed by atoms with E-state index in [1.165, 1.54) is 4.90 Å². The molecule has 0 aliphatic heterocycles. The van der Waals surface area contributed by atoms with Crippen LogP contribution in [0.25, 0.3) is 0 Å². The molecule has 3 nitrogen and oxygen atoms in total. The molecule has 2 aromatic rings. The van der Waals surface area contributed by atoms with Crippen molar-refractivity contribution in [2.45, 2.75) is 10.6 Å². The van der Waals surface area contributed by atoms with Gasteiger partial charge >= 0.3 is 0 Å². The van der Waals surface area contributed by atoms with Crippen LogP contribution in [0.2, 0.25) is 0 Å². The first-order valence-corrected chi connectivity index (χ1v) is 6.48. The third-order valence-electron chi connectivity index (χ3n) is 1.93. The summed E-state index contributed by atoms with van der Waals surface area (Å²) >= 11 is 4.96. The van der Waals surface area contributed by atoms with Gasteiger partial charge in [0.15, 0.2) is 0 Å². The molecule has 0 saturated carbocycles. The lowest BCUT2D eigenvalue weighted by Gasteiger charge is -2.02. The molecule has 0 saturated heterocycles. The molecule has 0 bridgehead atoms. The fraction of sp³-hybridized carbons (Fsp3) is 0.0909. The van der Waals surface area contributed by atoms with Gasteiger partial charge in [-0.2, -0.15) is 0 Å². The summed E-state index contributed by atoms with van der Waals surface area (Å²) in [6.07, 6.45) is 1.68. The van der Waals surface area contributed by atoms with Gasteiger partial charge in [-0.05, 0) is 28.1 Å². The van der Waals surface area contributed by atoms with E-state index >= 15 is 0 Å². The van der Waals surface area contributed by atoms with Gasteiger partial charge in [-0.3, -0.25) is 0 Å². The molecule has 5 heteroatoms. The van der Waals surface area contributed by atoms with Gasteiger partial charge in [-0.25, -0.2) is 9.97 Å². The SMILES string of the molecule is Nc1nc(CSc2ccccc2)ncc1Br. The van der Waals surface area contributed by atoms with Crippen molar-refractivity contribution in [3.63, 3.8) is 0 Å². The summed E-state index contributed by atoms with van der Waals surface area (Å²) in [5, 5.41) is 0. The van der Waals surface area contributed by atoms with E-state index in [2.05, 4.69) is 38.0 Å². The van der Waals surface area contributed by atoms with E-state index in [0.29, 0.717) is 5.82 Å². The van der Waals surface area contributed by atoms with E-state index in [9.17, 15) is 0 Å². The molecule has 1 aromatic heterocycles. The zero-order chi connectivity index (χ0) is 11.4. The highest BCUT2D eigenvalue weighted by molar-refractivity contribution is 9.10. The largest absolute Gasteiger partial charge is 0.383 e. The van der Waals surface area contributed by atoms with Crippen LogP contribution in [0.3, 0.4) is 0 Å². The number of aromatic nitrogens is 2. The van der Waals surface area contributed by atoms with E-state index in [1.807, 2.05) is 18.2 Å². The van der Waals surface area contributed by atoms with Crippen molar-refractivity contribution in [1.82, 2.24) is 9.97 Å². The van der Waals surface area contributed by atoms with Gasteiger partial charge in [0.05, 0.1) is 10.2 Å². The summed E-state index contributed by atoms with van der Waals surface area (Å²) in [5.41, 5.74) is 5.68. The molecule has 2 rings (SSSR count). The Kier molecular flexibility index (Phi) is 3.79. The van der Waals surface area contributed by atoms with Gasteiger partial charge in [-0.15, -0.1) is 11.8 Å². The van der Waals surface area contributed by atoms with Crippen molar-refractivity contribution in [1.29, 1.82) is 0 Å². The fourth-order valence-corrected chi connectivity index (χ4v) is 2.13. The Morgan fingerprint density at radius 2 is 2.00 bits per heavy atom. The predicted octanol–water partition coefficient (Wildman–Crippen LogP) is 3.11. The number of nitrogen functional groups attached to an aromatic ring is 1. The zero-order valence-electron chi connectivity index (χ0n) is 8.43. The van der Waals surface area contributed by atoms with E-state index in [4.69, 9.17) is 5.73 Å². The standard InChI is InChI=1S/C11H10BrN3S/c12-9-6-14-10(15-11(9)13)7-16-8-4-2-1-3-5-8/h1-6H,7H2,(H2,13,14,15). The molecule has 0 atom stereocenters. The lowest BCUT2D eigenvalue weighted by Crippen LogP contribution is -1.98. The number of benzene rings is 1. The third-order valence-corrected chi connectivity index (χ3v) is 3.55. The van der Waals surface area contributed by atoms with Crippen LogP contribution in [0.5, 0.6) is 0 Å². The topological polar surface area (TPSA) is 51.8 Å². The van der Waals surface area contributed by atoms with E-state index in [-0.39, 0.29) is 0 Å². The molecule has 0 fully saturated rings. The van der Waals surface area contributed by atoms with Crippen molar-refractivity contribution in [2.24, 2.45) is 0 Å². The molecule has 1 aromatic carbocycles. The first kappa shape index (κ1) is 11.4. The Balaban J connectivity index is 2.03. The van der Waals surface area contributed by atoms with Gasteiger partial charge in [0.2, 0.25) is 0 Å². The number of thioether (sulfide) groups is 1. The van der Waals surface area contributed by atoms with Crippen molar-refractivity contribution in [2.75, 3.05) is 5.73 Å². The van der Waals surface area contributed by atoms with Crippen LogP contribution in [0.1, 0.15) is 5.82 Å². The smallest absolute Gasteiger partial charge is 0.141 e. The molecule has 82 valence electrons. The second-order valence-electron chi connectivity index (χ2n) is 3.12. The van der Waals surface area contributed by atoms with Gasteiger partial charge < -0.3 is 5.73 Å². The second-order valence-corrected chi connectivity index (χ2v) is 5.02. The lowest BCUT2D eigenvalue weighted by molar-refractivity contribution is 1.03. The number of anilines is 1. The third kappa shape index (κ3) is 2.96. The highest BCUT2D eigenvalue weighted by atomic mass is 79.9. The maximum Gasteiger partial charge on any atom is 0.141 e. The molecule has 0 spiro atoms. The van der Waals surface area contributed by atoms with Crippen LogP contribution < -0.4 is 5.73 Å². The zero-order valence-corrected chi connectivity index (χ0v) is 10.8. The molecule has 2 N–H and O–H groups in total. The highest BCUT2D eigenvalue weighted by Gasteiger charge is 2.02. The van der Waals surface area contributed by atoms with Crippen LogP contribution in [0, 0.1) is 0 Å². The maximum atomic E-state index is 5.68. The minimum atomic E-state index is 0.485. The maximum absolute atomic E-state index is 5.68. The second kappa shape index (κ2) is 5.32. The Hall–Kier alpha value is -1.07. The fourth-order valence-electron chi connectivity index (χ4n) is 1.15. The minimum absolute atomic E-state index is 0.485. The number of halogens is 1.